The Labute approximate surface area is 236 Å². The normalized spacial score (nSPS) is 13.6. The molecule has 2 atom stereocenters. The van der Waals surface area contributed by atoms with E-state index in [0.29, 0.717) is 17.2 Å². The van der Waals surface area contributed by atoms with Crippen LogP contribution in [0.4, 0.5) is 13.2 Å². The summed E-state index contributed by atoms with van der Waals surface area (Å²) in [5, 5.41) is 12.2. The molecule has 0 unspecified atom stereocenters. The lowest BCUT2D eigenvalue weighted by Gasteiger charge is -2.40. The molecule has 3 aromatic carbocycles. The second-order valence-corrected chi connectivity index (χ2v) is 9.88. The standard InChI is InChI=1S/C29H34F3N5O4/c1-28(16-7-17-36-27(34)35,19-40-23-14-13-21-10-5-6-11-22(21)18-23)37(41-26(39)29(30,31)32)25(38)24(33)15-12-20-8-3-2-4-9-20/h2-6,8-11,13-14,18,24H,7,12,15-17,19,33H2,1H3,(H4,34,35,36)/t24-,28-/m0/s1. The average molecular weight is 574 g/mol. The fourth-order valence-electron chi connectivity index (χ4n) is 4.22. The second kappa shape index (κ2) is 13.8. The van der Waals surface area contributed by atoms with Crippen LogP contribution in [0.15, 0.2) is 72.8 Å². The molecule has 0 aliphatic heterocycles. The highest BCUT2D eigenvalue weighted by Crippen LogP contribution is 2.29. The molecule has 12 heteroatoms. The SMILES string of the molecule is C[C@](CCCNC(=N)N)(COc1ccc2ccccc2c1)N(OC(=O)C(F)(F)F)C(=O)[C@@H](N)CCc1ccccc1. The molecule has 220 valence electrons. The number of carbonyl (C=O) groups is 2. The summed E-state index contributed by atoms with van der Waals surface area (Å²) < 4.78 is 45.9. The van der Waals surface area contributed by atoms with Gasteiger partial charge >= 0.3 is 12.1 Å². The minimum absolute atomic E-state index is 0.0170. The van der Waals surface area contributed by atoms with Crippen molar-refractivity contribution in [2.75, 3.05) is 13.2 Å². The third kappa shape index (κ3) is 9.10. The number of amides is 1. The van der Waals surface area contributed by atoms with Gasteiger partial charge in [-0.25, -0.2) is 4.79 Å². The maximum Gasteiger partial charge on any atom is 0.493 e. The van der Waals surface area contributed by atoms with E-state index in [4.69, 9.17) is 26.5 Å². The number of carbonyl (C=O) groups excluding carboxylic acids is 2. The molecule has 0 bridgehead atoms. The molecular formula is C29H34F3N5O4. The van der Waals surface area contributed by atoms with E-state index >= 15 is 0 Å². The van der Waals surface area contributed by atoms with Crippen molar-refractivity contribution in [2.45, 2.75) is 50.4 Å². The van der Waals surface area contributed by atoms with Crippen LogP contribution in [0.2, 0.25) is 0 Å². The van der Waals surface area contributed by atoms with Gasteiger partial charge in [0.15, 0.2) is 5.96 Å². The van der Waals surface area contributed by atoms with Gasteiger partial charge < -0.3 is 26.4 Å². The lowest BCUT2D eigenvalue weighted by molar-refractivity contribution is -0.257. The number of hydroxylamine groups is 2. The third-order valence-electron chi connectivity index (χ3n) is 6.48. The van der Waals surface area contributed by atoms with Crippen LogP contribution in [-0.4, -0.2) is 53.8 Å². The number of alkyl halides is 3. The lowest BCUT2D eigenvalue weighted by Crippen LogP contribution is -2.59. The zero-order chi connectivity index (χ0) is 30.0. The molecule has 0 saturated heterocycles. The minimum Gasteiger partial charge on any atom is -0.491 e. The van der Waals surface area contributed by atoms with Gasteiger partial charge in [-0.05, 0) is 61.1 Å². The summed E-state index contributed by atoms with van der Waals surface area (Å²) in [5.41, 5.74) is 10.8. The van der Waals surface area contributed by atoms with Gasteiger partial charge in [0.25, 0.3) is 5.91 Å². The van der Waals surface area contributed by atoms with Crippen molar-refractivity contribution in [1.29, 1.82) is 5.41 Å². The van der Waals surface area contributed by atoms with E-state index in [0.717, 1.165) is 16.3 Å². The first-order valence-corrected chi connectivity index (χ1v) is 13.0. The molecule has 0 spiro atoms. The van der Waals surface area contributed by atoms with Gasteiger partial charge in [0.1, 0.15) is 17.9 Å². The first kappa shape index (κ1) is 31.2. The topological polar surface area (TPSA) is 144 Å². The van der Waals surface area contributed by atoms with Crippen molar-refractivity contribution >= 4 is 28.6 Å². The molecular weight excluding hydrogens is 539 g/mol. The maximum absolute atomic E-state index is 13.5. The summed E-state index contributed by atoms with van der Waals surface area (Å²) in [6, 6.07) is 20.7. The highest BCUT2D eigenvalue weighted by molar-refractivity contribution is 5.85. The Kier molecular flexibility index (Phi) is 10.5. The second-order valence-electron chi connectivity index (χ2n) is 9.88. The fourth-order valence-corrected chi connectivity index (χ4v) is 4.22. The van der Waals surface area contributed by atoms with Crippen LogP contribution in [0.1, 0.15) is 31.7 Å². The molecule has 41 heavy (non-hydrogen) atoms. The van der Waals surface area contributed by atoms with Crippen molar-refractivity contribution in [3.8, 4) is 5.75 Å². The van der Waals surface area contributed by atoms with E-state index in [1.807, 2.05) is 60.7 Å². The number of fused-ring (bicyclic) bond motifs is 1. The molecule has 0 saturated carbocycles. The first-order valence-electron chi connectivity index (χ1n) is 13.0. The van der Waals surface area contributed by atoms with Crippen LogP contribution < -0.4 is 21.5 Å². The Hall–Kier alpha value is -4.32. The van der Waals surface area contributed by atoms with Crippen LogP contribution in [0.25, 0.3) is 10.8 Å². The Morgan fingerprint density at radius 2 is 1.68 bits per heavy atom. The smallest absolute Gasteiger partial charge is 0.491 e. The Bertz CT molecular complexity index is 1340. The van der Waals surface area contributed by atoms with Gasteiger partial charge in [-0.3, -0.25) is 10.2 Å². The molecule has 3 rings (SSSR count). The van der Waals surface area contributed by atoms with Gasteiger partial charge in [-0.15, -0.1) is 0 Å². The number of guanidine groups is 1. The molecule has 6 N–H and O–H groups in total. The molecule has 0 aliphatic carbocycles. The number of ether oxygens (including phenoxy) is 1. The van der Waals surface area contributed by atoms with Gasteiger partial charge in [-0.2, -0.15) is 18.2 Å². The molecule has 0 heterocycles. The Morgan fingerprint density at radius 1 is 1.02 bits per heavy atom. The molecule has 0 aliphatic rings. The Balaban J connectivity index is 1.89. The predicted molar refractivity (Wildman–Crippen MR) is 149 cm³/mol. The van der Waals surface area contributed by atoms with Gasteiger partial charge in [0.05, 0.1) is 6.04 Å². The highest BCUT2D eigenvalue weighted by Gasteiger charge is 2.48. The number of aryl methyl sites for hydroxylation is 1. The number of hydrogen-bond acceptors (Lipinski definition) is 6. The summed E-state index contributed by atoms with van der Waals surface area (Å²) in [5.74, 6) is -3.44. The van der Waals surface area contributed by atoms with Crippen LogP contribution in [0.3, 0.4) is 0 Å². The van der Waals surface area contributed by atoms with Crippen molar-refractivity contribution in [3.05, 3.63) is 78.4 Å². The number of rotatable bonds is 12. The van der Waals surface area contributed by atoms with Crippen molar-refractivity contribution < 1.29 is 32.3 Å². The van der Waals surface area contributed by atoms with Crippen LogP contribution in [0.5, 0.6) is 5.75 Å². The van der Waals surface area contributed by atoms with Crippen LogP contribution in [-0.2, 0) is 20.8 Å². The number of nitrogens with one attached hydrogen (secondary N) is 2. The molecule has 1 amide bonds. The van der Waals surface area contributed by atoms with E-state index in [1.54, 1.807) is 12.1 Å². The largest absolute Gasteiger partial charge is 0.493 e. The van der Waals surface area contributed by atoms with Crippen molar-refractivity contribution in [2.24, 2.45) is 11.5 Å². The van der Waals surface area contributed by atoms with Crippen LogP contribution in [0, 0.1) is 5.41 Å². The zero-order valence-corrected chi connectivity index (χ0v) is 22.6. The Morgan fingerprint density at radius 3 is 2.34 bits per heavy atom. The van der Waals surface area contributed by atoms with E-state index < -0.39 is 29.6 Å². The van der Waals surface area contributed by atoms with E-state index in [9.17, 15) is 22.8 Å². The van der Waals surface area contributed by atoms with E-state index in [2.05, 4.69) is 5.32 Å². The molecule has 3 aromatic rings. The maximum atomic E-state index is 13.5. The molecule has 0 fully saturated rings. The highest BCUT2D eigenvalue weighted by atomic mass is 19.4. The molecule has 0 radical (unpaired) electrons. The van der Waals surface area contributed by atoms with Crippen LogP contribution >= 0.6 is 0 Å². The van der Waals surface area contributed by atoms with Gasteiger partial charge in [0, 0.05) is 6.54 Å². The first-order chi connectivity index (χ1) is 19.4. The number of hydrogen-bond donors (Lipinski definition) is 4. The third-order valence-corrected chi connectivity index (χ3v) is 6.48. The summed E-state index contributed by atoms with van der Waals surface area (Å²) in [7, 11) is 0. The van der Waals surface area contributed by atoms with Crippen molar-refractivity contribution in [1.82, 2.24) is 10.4 Å². The summed E-state index contributed by atoms with van der Waals surface area (Å²) in [6.07, 6.45) is -4.63. The number of benzene rings is 3. The average Bonchev–Trinajstić information content (AvgIpc) is 2.95. The summed E-state index contributed by atoms with van der Waals surface area (Å²) >= 11 is 0. The number of halogens is 3. The van der Waals surface area contributed by atoms with E-state index in [1.165, 1.54) is 6.92 Å². The monoisotopic (exact) mass is 573 g/mol. The summed E-state index contributed by atoms with van der Waals surface area (Å²) in [6.45, 7) is 1.30. The molecule has 0 aromatic heterocycles. The van der Waals surface area contributed by atoms with E-state index in [-0.39, 0.29) is 38.4 Å². The lowest BCUT2D eigenvalue weighted by atomic mass is 9.94. The van der Waals surface area contributed by atoms with Gasteiger partial charge in [0.2, 0.25) is 0 Å². The molecule has 9 nitrogen and oxygen atoms in total. The quantitative estimate of drug-likeness (QED) is 0.111. The van der Waals surface area contributed by atoms with Crippen molar-refractivity contribution in [3.63, 3.8) is 0 Å². The van der Waals surface area contributed by atoms with Gasteiger partial charge in [-0.1, -0.05) is 60.7 Å². The number of nitrogens with zero attached hydrogens (tertiary/aromatic N) is 1. The summed E-state index contributed by atoms with van der Waals surface area (Å²) in [4.78, 5) is 30.2. The zero-order valence-electron chi connectivity index (χ0n) is 22.6. The number of nitrogens with two attached hydrogens (primary N) is 2. The predicted octanol–water partition coefficient (Wildman–Crippen LogP) is 4.05. The fraction of sp³-hybridized carbons (Fsp3) is 0.345. The minimum atomic E-state index is -5.36.